The second-order valence-electron chi connectivity index (χ2n) is 6.40. The van der Waals surface area contributed by atoms with Crippen LogP contribution in [0.25, 0.3) is 5.69 Å². The third-order valence-corrected chi connectivity index (χ3v) is 6.51. The highest BCUT2D eigenvalue weighted by atomic mass is 32.2. The SMILES string of the molecule is COCCN1Cc2c(C(=O)Nc3cccnc3)ncn2-c2ccccc2S1(=O)=O. The number of amides is 1. The van der Waals surface area contributed by atoms with Crippen molar-refractivity contribution in [1.82, 2.24) is 18.8 Å². The van der Waals surface area contributed by atoms with Gasteiger partial charge in [-0.2, -0.15) is 4.31 Å². The average Bonchev–Trinajstić information content (AvgIpc) is 3.11. The van der Waals surface area contributed by atoms with Crippen LogP contribution in [-0.2, 0) is 21.3 Å². The maximum atomic E-state index is 13.2. The van der Waals surface area contributed by atoms with E-state index in [0.717, 1.165) is 0 Å². The van der Waals surface area contributed by atoms with Gasteiger partial charge in [0, 0.05) is 19.9 Å². The molecule has 1 aliphatic rings. The van der Waals surface area contributed by atoms with Crippen LogP contribution in [0.3, 0.4) is 0 Å². The number of nitrogens with zero attached hydrogens (tertiary/aromatic N) is 4. The molecule has 2 aromatic heterocycles. The van der Waals surface area contributed by atoms with Crippen LogP contribution in [0.2, 0.25) is 0 Å². The first-order chi connectivity index (χ1) is 14.0. The van der Waals surface area contributed by atoms with E-state index in [0.29, 0.717) is 17.1 Å². The number of anilines is 1. The summed E-state index contributed by atoms with van der Waals surface area (Å²) in [5.41, 5.74) is 1.62. The van der Waals surface area contributed by atoms with E-state index in [2.05, 4.69) is 15.3 Å². The molecule has 1 aliphatic heterocycles. The Kier molecular flexibility index (Phi) is 5.14. The molecule has 1 N–H and O–H groups in total. The number of imidazole rings is 1. The quantitative estimate of drug-likeness (QED) is 0.682. The Morgan fingerprint density at radius 1 is 1.24 bits per heavy atom. The van der Waals surface area contributed by atoms with Crippen molar-refractivity contribution in [2.75, 3.05) is 25.6 Å². The number of methoxy groups -OCH3 is 1. The van der Waals surface area contributed by atoms with E-state index in [1.54, 1.807) is 47.2 Å². The van der Waals surface area contributed by atoms with Crippen molar-refractivity contribution in [2.24, 2.45) is 0 Å². The minimum atomic E-state index is -3.77. The Labute approximate surface area is 168 Å². The van der Waals surface area contributed by atoms with E-state index in [-0.39, 0.29) is 30.3 Å². The first kappa shape index (κ1) is 19.2. The van der Waals surface area contributed by atoms with Crippen LogP contribution in [0, 0.1) is 0 Å². The molecule has 10 heteroatoms. The fourth-order valence-electron chi connectivity index (χ4n) is 3.21. The number of sulfonamides is 1. The highest BCUT2D eigenvalue weighted by Gasteiger charge is 2.34. The number of hydrogen-bond donors (Lipinski definition) is 1. The molecular formula is C19H19N5O4S. The van der Waals surface area contributed by atoms with Crippen LogP contribution >= 0.6 is 0 Å². The number of pyridine rings is 1. The van der Waals surface area contributed by atoms with Crippen LogP contribution in [0.1, 0.15) is 16.2 Å². The Hall–Kier alpha value is -3.08. The number of para-hydroxylation sites is 1. The Morgan fingerprint density at radius 3 is 2.83 bits per heavy atom. The summed E-state index contributed by atoms with van der Waals surface area (Å²) in [6, 6.07) is 10.1. The third-order valence-electron chi connectivity index (χ3n) is 4.61. The van der Waals surface area contributed by atoms with E-state index >= 15 is 0 Å². The third kappa shape index (κ3) is 3.53. The summed E-state index contributed by atoms with van der Waals surface area (Å²) in [5, 5.41) is 2.75. The minimum absolute atomic E-state index is 0.00380. The largest absolute Gasteiger partial charge is 0.383 e. The van der Waals surface area contributed by atoms with Crippen molar-refractivity contribution in [3.8, 4) is 5.69 Å². The Morgan fingerprint density at radius 2 is 2.07 bits per heavy atom. The van der Waals surface area contributed by atoms with Crippen molar-refractivity contribution in [3.05, 3.63) is 66.5 Å². The molecule has 3 aromatic rings. The molecule has 0 unspecified atom stereocenters. The number of benzene rings is 1. The summed E-state index contributed by atoms with van der Waals surface area (Å²) in [4.78, 5) is 21.3. The zero-order valence-corrected chi connectivity index (χ0v) is 16.5. The molecule has 0 fully saturated rings. The molecule has 3 heterocycles. The van der Waals surface area contributed by atoms with E-state index in [1.165, 1.54) is 23.9 Å². The van der Waals surface area contributed by atoms with Gasteiger partial charge in [-0.15, -0.1) is 0 Å². The second-order valence-corrected chi connectivity index (χ2v) is 8.31. The summed E-state index contributed by atoms with van der Waals surface area (Å²) in [6.45, 7) is 0.380. The highest BCUT2D eigenvalue weighted by Crippen LogP contribution is 2.31. The minimum Gasteiger partial charge on any atom is -0.383 e. The lowest BCUT2D eigenvalue weighted by Crippen LogP contribution is -2.33. The lowest BCUT2D eigenvalue weighted by molar-refractivity contribution is 0.102. The number of hydrogen-bond acceptors (Lipinski definition) is 6. The lowest BCUT2D eigenvalue weighted by atomic mass is 10.2. The van der Waals surface area contributed by atoms with Gasteiger partial charge in [0.2, 0.25) is 10.0 Å². The number of aromatic nitrogens is 3. The molecule has 0 aliphatic carbocycles. The van der Waals surface area contributed by atoms with Gasteiger partial charge in [-0.1, -0.05) is 12.1 Å². The topological polar surface area (TPSA) is 106 Å². The normalized spacial score (nSPS) is 15.2. The molecule has 0 bridgehead atoms. The van der Waals surface area contributed by atoms with Gasteiger partial charge < -0.3 is 10.1 Å². The summed E-state index contributed by atoms with van der Waals surface area (Å²) in [6.07, 6.45) is 4.60. The number of rotatable bonds is 5. The van der Waals surface area contributed by atoms with Crippen molar-refractivity contribution >= 4 is 21.6 Å². The van der Waals surface area contributed by atoms with Crippen molar-refractivity contribution < 1.29 is 17.9 Å². The Bertz CT molecular complexity index is 1140. The molecule has 9 nitrogen and oxygen atoms in total. The highest BCUT2D eigenvalue weighted by molar-refractivity contribution is 7.89. The van der Waals surface area contributed by atoms with Crippen LogP contribution in [0.4, 0.5) is 5.69 Å². The smallest absolute Gasteiger partial charge is 0.276 e. The molecule has 0 saturated carbocycles. The number of ether oxygens (including phenoxy) is 1. The average molecular weight is 413 g/mol. The number of carbonyl (C=O) groups excluding carboxylic acids is 1. The summed E-state index contributed by atoms with van der Waals surface area (Å²) in [5.74, 6) is -0.435. The van der Waals surface area contributed by atoms with Crippen LogP contribution in [0.5, 0.6) is 0 Å². The molecule has 4 rings (SSSR count). The first-order valence-corrected chi connectivity index (χ1v) is 10.3. The number of nitrogens with one attached hydrogen (secondary N) is 1. The molecule has 1 aromatic carbocycles. The van der Waals surface area contributed by atoms with Gasteiger partial charge in [0.05, 0.1) is 36.4 Å². The van der Waals surface area contributed by atoms with Crippen molar-refractivity contribution in [2.45, 2.75) is 11.4 Å². The fraction of sp³-hybridized carbons (Fsp3) is 0.211. The van der Waals surface area contributed by atoms with Gasteiger partial charge in [0.15, 0.2) is 5.69 Å². The van der Waals surface area contributed by atoms with E-state index in [1.807, 2.05) is 0 Å². The van der Waals surface area contributed by atoms with Gasteiger partial charge in [-0.05, 0) is 24.3 Å². The van der Waals surface area contributed by atoms with Crippen LogP contribution in [-0.4, -0.2) is 53.4 Å². The van der Waals surface area contributed by atoms with Gasteiger partial charge in [-0.3, -0.25) is 14.3 Å². The molecule has 150 valence electrons. The zero-order valence-electron chi connectivity index (χ0n) is 15.6. The standard InChI is InChI=1S/C19H19N5O4S/c1-28-10-9-23-12-16-18(19(25)22-14-5-4-8-20-11-14)21-13-24(16)15-6-2-3-7-17(15)29(23,26)27/h2-8,11,13H,9-10,12H2,1H3,(H,22,25). The monoisotopic (exact) mass is 413 g/mol. The van der Waals surface area contributed by atoms with E-state index in [9.17, 15) is 13.2 Å². The first-order valence-electron chi connectivity index (χ1n) is 8.88. The van der Waals surface area contributed by atoms with Gasteiger partial charge in [0.1, 0.15) is 11.2 Å². The van der Waals surface area contributed by atoms with E-state index in [4.69, 9.17) is 4.74 Å². The number of carbonyl (C=O) groups is 1. The molecule has 0 atom stereocenters. The van der Waals surface area contributed by atoms with Crippen molar-refractivity contribution in [3.63, 3.8) is 0 Å². The van der Waals surface area contributed by atoms with Crippen LogP contribution < -0.4 is 5.32 Å². The second kappa shape index (κ2) is 7.74. The number of fused-ring (bicyclic) bond motifs is 3. The zero-order chi connectivity index (χ0) is 20.4. The maximum absolute atomic E-state index is 13.2. The summed E-state index contributed by atoms with van der Waals surface area (Å²) >= 11 is 0. The molecular weight excluding hydrogens is 394 g/mol. The Balaban J connectivity index is 1.80. The summed E-state index contributed by atoms with van der Waals surface area (Å²) < 4.78 is 34.4. The van der Waals surface area contributed by atoms with Crippen LogP contribution in [0.15, 0.2) is 60.0 Å². The van der Waals surface area contributed by atoms with Gasteiger partial charge in [0.25, 0.3) is 5.91 Å². The van der Waals surface area contributed by atoms with E-state index < -0.39 is 15.9 Å². The molecule has 0 radical (unpaired) electrons. The van der Waals surface area contributed by atoms with Gasteiger partial charge in [-0.25, -0.2) is 13.4 Å². The molecule has 1 amide bonds. The molecule has 0 spiro atoms. The van der Waals surface area contributed by atoms with Crippen molar-refractivity contribution in [1.29, 1.82) is 0 Å². The predicted octanol–water partition coefficient (Wildman–Crippen LogP) is 1.67. The lowest BCUT2D eigenvalue weighted by Gasteiger charge is -2.19. The molecule has 29 heavy (non-hydrogen) atoms. The van der Waals surface area contributed by atoms with Gasteiger partial charge >= 0.3 is 0 Å². The summed E-state index contributed by atoms with van der Waals surface area (Å²) in [7, 11) is -2.26. The molecule has 0 saturated heterocycles. The fourth-order valence-corrected chi connectivity index (χ4v) is 4.77. The predicted molar refractivity (Wildman–Crippen MR) is 105 cm³/mol. The maximum Gasteiger partial charge on any atom is 0.276 e.